The number of carbonyl (C=O) groups is 2. The summed E-state index contributed by atoms with van der Waals surface area (Å²) in [5.74, 6) is 0.464. The number of esters is 1. The summed E-state index contributed by atoms with van der Waals surface area (Å²) in [5.41, 5.74) is 1.55. The Morgan fingerprint density at radius 1 is 1.03 bits per heavy atom. The summed E-state index contributed by atoms with van der Waals surface area (Å²) in [5, 5.41) is 0. The molecule has 1 aliphatic heterocycles. The van der Waals surface area contributed by atoms with Crippen molar-refractivity contribution in [1.82, 2.24) is 0 Å². The number of ketones is 1. The number of benzene rings is 3. The fourth-order valence-electron chi connectivity index (χ4n) is 2.94. The van der Waals surface area contributed by atoms with E-state index in [2.05, 4.69) is 15.9 Å². The van der Waals surface area contributed by atoms with Gasteiger partial charge in [0.05, 0.1) is 12.7 Å². The van der Waals surface area contributed by atoms with Crippen molar-refractivity contribution in [1.29, 1.82) is 0 Å². The molecule has 0 aromatic heterocycles. The van der Waals surface area contributed by atoms with Crippen molar-refractivity contribution in [3.05, 3.63) is 93.7 Å². The number of Topliss-reactive ketones (excluding diaryl/α,β-unsaturated/α-hetero) is 1. The lowest BCUT2D eigenvalue weighted by Gasteiger charge is -2.08. The Balaban J connectivity index is 1.58. The Hall–Kier alpha value is -3.38. The molecular weight excluding hydrogens is 436 g/mol. The first kappa shape index (κ1) is 19.0. The lowest BCUT2D eigenvalue weighted by molar-refractivity contribution is 0.0731. The molecule has 29 heavy (non-hydrogen) atoms. The van der Waals surface area contributed by atoms with E-state index in [1.807, 2.05) is 24.3 Å². The second-order valence-corrected chi connectivity index (χ2v) is 7.06. The van der Waals surface area contributed by atoms with Crippen LogP contribution < -0.4 is 14.2 Å². The third-order valence-electron chi connectivity index (χ3n) is 4.37. The van der Waals surface area contributed by atoms with Gasteiger partial charge in [-0.25, -0.2) is 4.79 Å². The van der Waals surface area contributed by atoms with Gasteiger partial charge in [-0.2, -0.15) is 0 Å². The number of rotatable bonds is 4. The minimum Gasteiger partial charge on any atom is -0.496 e. The number of ether oxygens (including phenoxy) is 3. The van der Waals surface area contributed by atoms with Gasteiger partial charge in [-0.15, -0.1) is 0 Å². The highest BCUT2D eigenvalue weighted by atomic mass is 79.9. The summed E-state index contributed by atoms with van der Waals surface area (Å²) in [4.78, 5) is 25.1. The first-order chi connectivity index (χ1) is 14.1. The molecule has 0 fully saturated rings. The summed E-state index contributed by atoms with van der Waals surface area (Å²) in [6, 6.07) is 19.0. The molecule has 0 aliphatic carbocycles. The lowest BCUT2D eigenvalue weighted by Crippen LogP contribution is -2.10. The van der Waals surface area contributed by atoms with E-state index >= 15 is 0 Å². The van der Waals surface area contributed by atoms with E-state index < -0.39 is 5.97 Å². The van der Waals surface area contributed by atoms with E-state index in [1.165, 1.54) is 13.2 Å². The third kappa shape index (κ3) is 3.79. The van der Waals surface area contributed by atoms with Crippen LogP contribution in [0.5, 0.6) is 17.2 Å². The number of fused-ring (bicyclic) bond motifs is 1. The van der Waals surface area contributed by atoms with E-state index in [9.17, 15) is 9.59 Å². The van der Waals surface area contributed by atoms with Crippen molar-refractivity contribution in [3.8, 4) is 17.2 Å². The zero-order valence-electron chi connectivity index (χ0n) is 15.3. The van der Waals surface area contributed by atoms with Crippen LogP contribution in [0.25, 0.3) is 6.08 Å². The number of methoxy groups -OCH3 is 1. The van der Waals surface area contributed by atoms with Gasteiger partial charge in [-0.1, -0.05) is 46.3 Å². The van der Waals surface area contributed by atoms with E-state index in [-0.39, 0.29) is 17.3 Å². The van der Waals surface area contributed by atoms with Crippen LogP contribution in [0.4, 0.5) is 0 Å². The van der Waals surface area contributed by atoms with Crippen molar-refractivity contribution in [2.24, 2.45) is 0 Å². The van der Waals surface area contributed by atoms with Gasteiger partial charge >= 0.3 is 5.97 Å². The van der Waals surface area contributed by atoms with Crippen LogP contribution in [-0.4, -0.2) is 18.9 Å². The smallest absolute Gasteiger partial charge is 0.347 e. The van der Waals surface area contributed by atoms with Gasteiger partial charge in [0.15, 0.2) is 5.76 Å². The summed E-state index contributed by atoms with van der Waals surface area (Å²) >= 11 is 3.45. The van der Waals surface area contributed by atoms with Gasteiger partial charge in [0.1, 0.15) is 22.8 Å². The Labute approximate surface area is 175 Å². The van der Waals surface area contributed by atoms with Crippen LogP contribution in [0.1, 0.15) is 26.3 Å². The largest absolute Gasteiger partial charge is 0.496 e. The molecular formula is C23H15BrO5. The number of hydrogen-bond donors (Lipinski definition) is 0. The highest BCUT2D eigenvalue weighted by Gasteiger charge is 2.28. The number of para-hydroxylation sites is 1. The van der Waals surface area contributed by atoms with Gasteiger partial charge in [0.2, 0.25) is 5.78 Å². The Morgan fingerprint density at radius 3 is 2.59 bits per heavy atom. The van der Waals surface area contributed by atoms with Crippen LogP contribution >= 0.6 is 15.9 Å². The number of carbonyl (C=O) groups excluding carboxylic acids is 2. The van der Waals surface area contributed by atoms with Crippen LogP contribution in [0.3, 0.4) is 0 Å². The van der Waals surface area contributed by atoms with Crippen LogP contribution in [-0.2, 0) is 0 Å². The van der Waals surface area contributed by atoms with E-state index in [4.69, 9.17) is 14.2 Å². The Bertz CT molecular complexity index is 1150. The molecule has 0 unspecified atom stereocenters. The Kier molecular flexibility index (Phi) is 5.18. The second-order valence-electron chi connectivity index (χ2n) is 6.21. The molecule has 0 spiro atoms. The molecule has 0 saturated carbocycles. The van der Waals surface area contributed by atoms with E-state index in [0.717, 1.165) is 10.0 Å². The zero-order chi connectivity index (χ0) is 20.4. The van der Waals surface area contributed by atoms with Crippen molar-refractivity contribution in [3.63, 3.8) is 0 Å². The van der Waals surface area contributed by atoms with E-state index in [1.54, 1.807) is 42.5 Å². The molecule has 0 amide bonds. The SMILES string of the molecule is COc1ccccc1C(=O)Oc1ccc2c(c1)OC(=Cc1ccccc1Br)C2=O. The Morgan fingerprint density at radius 2 is 1.79 bits per heavy atom. The topological polar surface area (TPSA) is 61.8 Å². The molecule has 3 aromatic rings. The molecule has 0 bridgehead atoms. The molecule has 4 rings (SSSR count). The number of halogens is 1. The summed E-state index contributed by atoms with van der Waals surface area (Å²) in [6.07, 6.45) is 1.67. The predicted octanol–water partition coefficient (Wildman–Crippen LogP) is 5.29. The first-order valence-corrected chi connectivity index (χ1v) is 9.54. The maximum atomic E-state index is 12.6. The van der Waals surface area contributed by atoms with Crippen molar-refractivity contribution < 1.29 is 23.8 Å². The van der Waals surface area contributed by atoms with Gasteiger partial charge < -0.3 is 14.2 Å². The van der Waals surface area contributed by atoms with E-state index in [0.29, 0.717) is 22.6 Å². The fraction of sp³-hybridized carbons (Fsp3) is 0.0435. The molecule has 0 saturated heterocycles. The zero-order valence-corrected chi connectivity index (χ0v) is 16.9. The minimum absolute atomic E-state index is 0.208. The molecule has 5 nitrogen and oxygen atoms in total. The third-order valence-corrected chi connectivity index (χ3v) is 5.09. The minimum atomic E-state index is -0.560. The fourth-order valence-corrected chi connectivity index (χ4v) is 3.34. The van der Waals surface area contributed by atoms with Crippen molar-refractivity contribution in [2.45, 2.75) is 0 Å². The quantitative estimate of drug-likeness (QED) is 0.306. The standard InChI is InChI=1S/C23H15BrO5/c1-27-19-9-5-3-7-17(19)23(26)28-15-10-11-16-20(13-15)29-21(22(16)25)12-14-6-2-4-8-18(14)24/h2-13H,1H3. The molecule has 0 atom stereocenters. The lowest BCUT2D eigenvalue weighted by atomic mass is 10.1. The summed E-state index contributed by atoms with van der Waals surface area (Å²) in [6.45, 7) is 0. The van der Waals surface area contributed by atoms with Gasteiger partial charge in [-0.3, -0.25) is 4.79 Å². The average molecular weight is 451 g/mol. The number of allylic oxidation sites excluding steroid dienone is 1. The van der Waals surface area contributed by atoms with Crippen molar-refractivity contribution in [2.75, 3.05) is 7.11 Å². The molecule has 6 heteroatoms. The monoisotopic (exact) mass is 450 g/mol. The summed E-state index contributed by atoms with van der Waals surface area (Å²) < 4.78 is 17.2. The first-order valence-electron chi connectivity index (χ1n) is 8.75. The van der Waals surface area contributed by atoms with Crippen LogP contribution in [0.15, 0.2) is 77.0 Å². The molecule has 0 N–H and O–H groups in total. The molecule has 1 heterocycles. The van der Waals surface area contributed by atoms with Gasteiger partial charge in [0, 0.05) is 10.5 Å². The van der Waals surface area contributed by atoms with Crippen molar-refractivity contribution >= 4 is 33.8 Å². The number of hydrogen-bond acceptors (Lipinski definition) is 5. The molecule has 3 aromatic carbocycles. The predicted molar refractivity (Wildman–Crippen MR) is 111 cm³/mol. The molecule has 144 valence electrons. The second kappa shape index (κ2) is 7.93. The maximum absolute atomic E-state index is 12.6. The summed E-state index contributed by atoms with van der Waals surface area (Å²) in [7, 11) is 1.49. The average Bonchev–Trinajstić information content (AvgIpc) is 3.04. The highest BCUT2D eigenvalue weighted by molar-refractivity contribution is 9.10. The maximum Gasteiger partial charge on any atom is 0.347 e. The van der Waals surface area contributed by atoms with Crippen LogP contribution in [0.2, 0.25) is 0 Å². The van der Waals surface area contributed by atoms with Crippen LogP contribution in [0, 0.1) is 0 Å². The normalized spacial score (nSPS) is 13.7. The van der Waals surface area contributed by atoms with Gasteiger partial charge in [0.25, 0.3) is 0 Å². The highest BCUT2D eigenvalue weighted by Crippen LogP contribution is 2.36. The van der Waals surface area contributed by atoms with Gasteiger partial charge in [-0.05, 0) is 42.0 Å². The molecule has 1 aliphatic rings. The molecule has 0 radical (unpaired) electrons.